The van der Waals surface area contributed by atoms with Crippen LogP contribution in [0, 0.1) is 6.92 Å². The van der Waals surface area contributed by atoms with Gasteiger partial charge in [-0.25, -0.2) is 0 Å². The zero-order chi connectivity index (χ0) is 23.2. The number of methoxy groups -OCH3 is 1. The molecule has 2 atom stereocenters. The number of phenolic OH excluding ortho intramolecular Hbond substituents is 2. The average molecular weight is 437 g/mol. The number of fused-ring (bicyclic) bond motifs is 5. The lowest BCUT2D eigenvalue weighted by atomic mass is 9.85. The molecule has 32 heavy (non-hydrogen) atoms. The maximum Gasteiger partial charge on any atom is 0.141 e. The summed E-state index contributed by atoms with van der Waals surface area (Å²) in [5, 5.41) is 21.5. The molecule has 2 aromatic rings. The van der Waals surface area contributed by atoms with E-state index in [2.05, 4.69) is 12.2 Å². The third-order valence-electron chi connectivity index (χ3n) is 6.27. The Bertz CT molecular complexity index is 1120. The zero-order valence-electron chi connectivity index (χ0n) is 19.7. The SMILES string of the molecule is COc1c(CC=C(C)C)c(O)cc2c1C1Oc3c(cc(C)c(O)c3CC=C(C)C)C1CO2. The van der Waals surface area contributed by atoms with E-state index >= 15 is 0 Å². The van der Waals surface area contributed by atoms with Crippen molar-refractivity contribution < 1.29 is 24.4 Å². The first-order valence-corrected chi connectivity index (χ1v) is 11.1. The van der Waals surface area contributed by atoms with Crippen molar-refractivity contribution in [2.24, 2.45) is 0 Å². The number of aromatic hydroxyl groups is 2. The molecule has 5 nitrogen and oxygen atoms in total. The molecule has 0 aliphatic carbocycles. The van der Waals surface area contributed by atoms with Gasteiger partial charge in [0.15, 0.2) is 0 Å². The highest BCUT2D eigenvalue weighted by Gasteiger charge is 2.45. The van der Waals surface area contributed by atoms with Crippen molar-refractivity contribution in [3.05, 3.63) is 63.2 Å². The van der Waals surface area contributed by atoms with Gasteiger partial charge in [0.25, 0.3) is 0 Å². The lowest BCUT2D eigenvalue weighted by Gasteiger charge is -2.30. The number of hydrogen-bond donors (Lipinski definition) is 2. The van der Waals surface area contributed by atoms with Crippen LogP contribution in [0.3, 0.4) is 0 Å². The highest BCUT2D eigenvalue weighted by atomic mass is 16.5. The number of phenols is 2. The monoisotopic (exact) mass is 436 g/mol. The van der Waals surface area contributed by atoms with Gasteiger partial charge in [-0.1, -0.05) is 23.3 Å². The molecule has 0 aromatic heterocycles. The van der Waals surface area contributed by atoms with Crippen molar-refractivity contribution in [3.63, 3.8) is 0 Å². The van der Waals surface area contributed by atoms with Crippen molar-refractivity contribution >= 4 is 0 Å². The van der Waals surface area contributed by atoms with E-state index in [9.17, 15) is 10.2 Å². The Hall–Kier alpha value is -3.08. The highest BCUT2D eigenvalue weighted by molar-refractivity contribution is 5.64. The second-order valence-corrected chi connectivity index (χ2v) is 9.19. The Balaban J connectivity index is 1.85. The lowest BCUT2D eigenvalue weighted by Crippen LogP contribution is -2.24. The second-order valence-electron chi connectivity index (χ2n) is 9.19. The summed E-state index contributed by atoms with van der Waals surface area (Å²) < 4.78 is 18.5. The van der Waals surface area contributed by atoms with Gasteiger partial charge in [0.05, 0.1) is 25.2 Å². The minimum absolute atomic E-state index is 0.0167. The predicted molar refractivity (Wildman–Crippen MR) is 125 cm³/mol. The molecule has 170 valence electrons. The minimum Gasteiger partial charge on any atom is -0.507 e. The van der Waals surface area contributed by atoms with Crippen LogP contribution in [-0.4, -0.2) is 23.9 Å². The fraction of sp³-hybridized carbons (Fsp3) is 0.407. The molecular weight excluding hydrogens is 404 g/mol. The van der Waals surface area contributed by atoms with E-state index in [1.807, 2.05) is 40.7 Å². The number of benzene rings is 2. The summed E-state index contributed by atoms with van der Waals surface area (Å²) in [6, 6.07) is 3.67. The summed E-state index contributed by atoms with van der Waals surface area (Å²) in [5.74, 6) is 2.34. The maximum atomic E-state index is 10.8. The Morgan fingerprint density at radius 1 is 1.06 bits per heavy atom. The normalized spacial score (nSPS) is 17.9. The first-order valence-electron chi connectivity index (χ1n) is 11.1. The van der Waals surface area contributed by atoms with Crippen molar-refractivity contribution in [2.45, 2.75) is 59.5 Å². The van der Waals surface area contributed by atoms with E-state index in [4.69, 9.17) is 14.2 Å². The van der Waals surface area contributed by atoms with Crippen LogP contribution in [0.5, 0.6) is 28.7 Å². The summed E-state index contributed by atoms with van der Waals surface area (Å²) >= 11 is 0. The molecular formula is C27H32O5. The van der Waals surface area contributed by atoms with E-state index in [0.29, 0.717) is 30.9 Å². The molecule has 2 unspecified atom stereocenters. The largest absolute Gasteiger partial charge is 0.507 e. The van der Waals surface area contributed by atoms with Gasteiger partial charge in [0.2, 0.25) is 0 Å². The number of rotatable bonds is 5. The Morgan fingerprint density at radius 3 is 2.34 bits per heavy atom. The van der Waals surface area contributed by atoms with Crippen LogP contribution >= 0.6 is 0 Å². The molecule has 2 aromatic carbocycles. The van der Waals surface area contributed by atoms with Gasteiger partial charge in [-0.05, 0) is 59.1 Å². The van der Waals surface area contributed by atoms with Gasteiger partial charge >= 0.3 is 0 Å². The molecule has 5 heteroatoms. The number of hydrogen-bond acceptors (Lipinski definition) is 5. The lowest BCUT2D eigenvalue weighted by molar-refractivity contribution is 0.134. The molecule has 2 aliphatic rings. The van der Waals surface area contributed by atoms with E-state index in [0.717, 1.165) is 39.1 Å². The molecule has 0 saturated carbocycles. The van der Waals surface area contributed by atoms with Gasteiger partial charge in [0.1, 0.15) is 34.9 Å². The quantitative estimate of drug-likeness (QED) is 0.559. The first kappa shape index (κ1) is 22.1. The van der Waals surface area contributed by atoms with Gasteiger partial charge in [0, 0.05) is 22.8 Å². The van der Waals surface area contributed by atoms with Crippen molar-refractivity contribution in [3.8, 4) is 28.7 Å². The molecule has 0 spiro atoms. The summed E-state index contributed by atoms with van der Waals surface area (Å²) in [4.78, 5) is 0. The molecule has 4 rings (SSSR count). The fourth-order valence-electron chi connectivity index (χ4n) is 4.59. The minimum atomic E-state index is -0.304. The van der Waals surface area contributed by atoms with Crippen LogP contribution in [-0.2, 0) is 12.8 Å². The van der Waals surface area contributed by atoms with Gasteiger partial charge < -0.3 is 24.4 Å². The molecule has 2 aliphatic heterocycles. The molecule has 0 radical (unpaired) electrons. The van der Waals surface area contributed by atoms with Crippen LogP contribution < -0.4 is 14.2 Å². The third kappa shape index (κ3) is 3.70. The summed E-state index contributed by atoms with van der Waals surface area (Å²) in [5.41, 5.74) is 6.58. The Morgan fingerprint density at radius 2 is 1.72 bits per heavy atom. The van der Waals surface area contributed by atoms with E-state index in [1.165, 1.54) is 5.57 Å². The summed E-state index contributed by atoms with van der Waals surface area (Å²) in [6.07, 6.45) is 5.01. The summed E-state index contributed by atoms with van der Waals surface area (Å²) in [7, 11) is 1.61. The van der Waals surface area contributed by atoms with E-state index in [1.54, 1.807) is 13.2 Å². The molecule has 2 heterocycles. The van der Waals surface area contributed by atoms with Crippen LogP contribution in [0.25, 0.3) is 0 Å². The molecule has 0 amide bonds. The van der Waals surface area contributed by atoms with Gasteiger partial charge in [-0.2, -0.15) is 0 Å². The number of ether oxygens (including phenoxy) is 3. The summed E-state index contributed by atoms with van der Waals surface area (Å²) in [6.45, 7) is 10.5. The molecule has 0 fully saturated rings. The first-order chi connectivity index (χ1) is 15.2. The maximum absolute atomic E-state index is 10.8. The van der Waals surface area contributed by atoms with Crippen molar-refractivity contribution in [2.75, 3.05) is 13.7 Å². The average Bonchev–Trinajstić information content (AvgIpc) is 3.09. The van der Waals surface area contributed by atoms with Crippen LogP contribution in [0.1, 0.15) is 67.5 Å². The van der Waals surface area contributed by atoms with Gasteiger partial charge in [-0.3, -0.25) is 0 Å². The standard InChI is InChI=1S/C27H32O5/c1-14(2)7-9-17-21(28)12-22-23(26(17)30-6)27-20(13-31-22)19-11-16(5)24(29)18(25(19)32-27)10-8-15(3)4/h7-8,11-12,20,27-29H,9-10,13H2,1-6H3. The van der Waals surface area contributed by atoms with Gasteiger partial charge in [-0.15, -0.1) is 0 Å². The predicted octanol–water partition coefficient (Wildman–Crippen LogP) is 6.04. The van der Waals surface area contributed by atoms with Crippen LogP contribution in [0.4, 0.5) is 0 Å². The molecule has 0 saturated heterocycles. The van der Waals surface area contributed by atoms with E-state index < -0.39 is 0 Å². The van der Waals surface area contributed by atoms with Crippen molar-refractivity contribution in [1.82, 2.24) is 0 Å². The second kappa shape index (κ2) is 8.45. The Kier molecular flexibility index (Phi) is 5.85. The number of aryl methyl sites for hydroxylation is 1. The smallest absolute Gasteiger partial charge is 0.141 e. The Labute approximate surface area is 190 Å². The van der Waals surface area contributed by atoms with E-state index in [-0.39, 0.29) is 23.5 Å². The third-order valence-corrected chi connectivity index (χ3v) is 6.27. The number of allylic oxidation sites excluding steroid dienone is 4. The van der Waals surface area contributed by atoms with Crippen LogP contribution in [0.15, 0.2) is 35.4 Å². The topological polar surface area (TPSA) is 68.2 Å². The highest BCUT2D eigenvalue weighted by Crippen LogP contribution is 2.57. The zero-order valence-corrected chi connectivity index (χ0v) is 19.7. The van der Waals surface area contributed by atoms with Crippen molar-refractivity contribution in [1.29, 1.82) is 0 Å². The fourth-order valence-corrected chi connectivity index (χ4v) is 4.59. The molecule has 0 bridgehead atoms. The molecule has 2 N–H and O–H groups in total. The van der Waals surface area contributed by atoms with Crippen LogP contribution in [0.2, 0.25) is 0 Å².